The van der Waals surface area contributed by atoms with Gasteiger partial charge < -0.3 is 20.2 Å². The minimum atomic E-state index is -0.738. The van der Waals surface area contributed by atoms with Crippen molar-refractivity contribution in [3.8, 4) is 0 Å². The van der Waals surface area contributed by atoms with Gasteiger partial charge in [-0.25, -0.2) is 9.67 Å². The fourth-order valence-electron chi connectivity index (χ4n) is 5.80. The monoisotopic (exact) mass is 538 g/mol. The minimum absolute atomic E-state index is 0.0941. The number of likely N-dealkylation sites (tertiary alicyclic amines) is 1. The number of amides is 2. The summed E-state index contributed by atoms with van der Waals surface area (Å²) in [5, 5.41) is 22.2. The standard InChI is InChI=1S/C28H42N8O3/c1-19(16-33-11-13-34(14-12-33)24-7-5-6-10-29-24)30-26(38)23-15-21(37)17-35(23)27(39)25(28(2,3)4)36-18-22(31-32-36)20-8-9-20/h5-7,10,18-21,23,25,37H,8-9,11-17H2,1-4H3,(H,30,38)/t19?,21?,23?,25-/m1/s1. The molecule has 0 aromatic carbocycles. The molecule has 2 aromatic rings. The molecule has 0 spiro atoms. The number of pyridine rings is 1. The van der Waals surface area contributed by atoms with Gasteiger partial charge in [0, 0.05) is 70.0 Å². The predicted octanol–water partition coefficient (Wildman–Crippen LogP) is 1.43. The van der Waals surface area contributed by atoms with E-state index in [1.165, 1.54) is 0 Å². The highest BCUT2D eigenvalue weighted by molar-refractivity contribution is 5.90. The van der Waals surface area contributed by atoms with Gasteiger partial charge in [-0.15, -0.1) is 5.10 Å². The van der Waals surface area contributed by atoms with Gasteiger partial charge in [-0.05, 0) is 37.3 Å². The van der Waals surface area contributed by atoms with E-state index in [1.54, 1.807) is 9.58 Å². The molecule has 4 atom stereocenters. The molecule has 1 saturated carbocycles. The molecule has 212 valence electrons. The minimum Gasteiger partial charge on any atom is -0.391 e. The molecule has 1 aliphatic carbocycles. The Morgan fingerprint density at radius 2 is 1.90 bits per heavy atom. The molecule has 11 heteroatoms. The van der Waals surface area contributed by atoms with Crippen molar-refractivity contribution < 1.29 is 14.7 Å². The molecule has 39 heavy (non-hydrogen) atoms. The van der Waals surface area contributed by atoms with Crippen LogP contribution >= 0.6 is 0 Å². The molecule has 11 nitrogen and oxygen atoms in total. The number of carbonyl (C=O) groups excluding carboxylic acids is 2. The van der Waals surface area contributed by atoms with Crippen LogP contribution in [0.4, 0.5) is 5.82 Å². The second-order valence-electron chi connectivity index (χ2n) is 12.4. The van der Waals surface area contributed by atoms with Crippen LogP contribution in [0.3, 0.4) is 0 Å². The second-order valence-corrected chi connectivity index (χ2v) is 12.4. The van der Waals surface area contributed by atoms with Crippen LogP contribution in [0.1, 0.15) is 64.6 Å². The quantitative estimate of drug-likeness (QED) is 0.518. The molecule has 4 heterocycles. The van der Waals surface area contributed by atoms with Gasteiger partial charge in [0.15, 0.2) is 0 Å². The molecule has 2 amide bonds. The van der Waals surface area contributed by atoms with Gasteiger partial charge in [0.2, 0.25) is 11.8 Å². The number of piperazine rings is 1. The highest BCUT2D eigenvalue weighted by Crippen LogP contribution is 2.40. The van der Waals surface area contributed by atoms with E-state index in [2.05, 4.69) is 30.4 Å². The Bertz CT molecular complexity index is 1140. The van der Waals surface area contributed by atoms with E-state index in [4.69, 9.17) is 0 Å². The summed E-state index contributed by atoms with van der Waals surface area (Å²) in [6, 6.07) is 4.52. The Hall–Kier alpha value is -3.05. The van der Waals surface area contributed by atoms with Gasteiger partial charge >= 0.3 is 0 Å². The van der Waals surface area contributed by atoms with E-state index in [1.807, 2.05) is 58.3 Å². The number of nitrogens with zero attached hydrogens (tertiary/aromatic N) is 7. The summed E-state index contributed by atoms with van der Waals surface area (Å²) in [6.07, 6.45) is 5.39. The maximum Gasteiger partial charge on any atom is 0.248 e. The summed E-state index contributed by atoms with van der Waals surface area (Å²) in [5.41, 5.74) is 0.465. The molecule has 3 unspecified atom stereocenters. The van der Waals surface area contributed by atoms with Gasteiger partial charge in [-0.3, -0.25) is 14.5 Å². The van der Waals surface area contributed by atoms with E-state index in [-0.39, 0.29) is 30.8 Å². The van der Waals surface area contributed by atoms with Crippen LogP contribution in [0, 0.1) is 5.41 Å². The average Bonchev–Trinajstić information content (AvgIpc) is 3.50. The second kappa shape index (κ2) is 11.2. The molecule has 2 saturated heterocycles. The normalized spacial score (nSPS) is 24.0. The van der Waals surface area contributed by atoms with Crippen LogP contribution in [0.5, 0.6) is 0 Å². The van der Waals surface area contributed by atoms with Gasteiger partial charge in [-0.2, -0.15) is 0 Å². The van der Waals surface area contributed by atoms with Crippen molar-refractivity contribution in [2.24, 2.45) is 5.41 Å². The molecular formula is C28H42N8O3. The molecular weight excluding hydrogens is 496 g/mol. The summed E-state index contributed by atoms with van der Waals surface area (Å²) < 4.78 is 1.66. The van der Waals surface area contributed by atoms with E-state index in [0.717, 1.165) is 57.1 Å². The zero-order valence-corrected chi connectivity index (χ0v) is 23.5. The van der Waals surface area contributed by atoms with Crippen LogP contribution < -0.4 is 10.2 Å². The maximum absolute atomic E-state index is 13.9. The molecule has 0 radical (unpaired) electrons. The zero-order chi connectivity index (χ0) is 27.7. The number of hydrogen-bond acceptors (Lipinski definition) is 8. The molecule has 2 N–H and O–H groups in total. The molecule has 3 fully saturated rings. The Labute approximate surface area is 230 Å². The summed E-state index contributed by atoms with van der Waals surface area (Å²) in [6.45, 7) is 12.4. The van der Waals surface area contributed by atoms with Crippen LogP contribution in [-0.2, 0) is 9.59 Å². The summed E-state index contributed by atoms with van der Waals surface area (Å²) >= 11 is 0. The van der Waals surface area contributed by atoms with Gasteiger partial charge in [0.25, 0.3) is 0 Å². The van der Waals surface area contributed by atoms with E-state index >= 15 is 0 Å². The number of hydrogen-bond donors (Lipinski definition) is 2. The molecule has 0 bridgehead atoms. The van der Waals surface area contributed by atoms with Gasteiger partial charge in [-0.1, -0.05) is 32.1 Å². The summed E-state index contributed by atoms with van der Waals surface area (Å²) in [5.74, 6) is 1.00. The van der Waals surface area contributed by atoms with E-state index in [0.29, 0.717) is 5.92 Å². The third-order valence-electron chi connectivity index (χ3n) is 7.97. The number of anilines is 1. The fourth-order valence-corrected chi connectivity index (χ4v) is 5.80. The zero-order valence-electron chi connectivity index (χ0n) is 23.5. The Morgan fingerprint density at radius 1 is 1.15 bits per heavy atom. The Balaban J connectivity index is 1.19. The number of carbonyl (C=O) groups is 2. The van der Waals surface area contributed by atoms with Crippen molar-refractivity contribution in [2.45, 2.75) is 77.1 Å². The first-order valence-electron chi connectivity index (χ1n) is 14.2. The van der Waals surface area contributed by atoms with Crippen molar-refractivity contribution in [2.75, 3.05) is 44.2 Å². The predicted molar refractivity (Wildman–Crippen MR) is 147 cm³/mol. The highest BCUT2D eigenvalue weighted by atomic mass is 16.3. The smallest absolute Gasteiger partial charge is 0.248 e. The Morgan fingerprint density at radius 3 is 2.54 bits per heavy atom. The van der Waals surface area contributed by atoms with E-state index in [9.17, 15) is 14.7 Å². The lowest BCUT2D eigenvalue weighted by Gasteiger charge is -2.37. The number of aliphatic hydroxyl groups is 1. The third kappa shape index (κ3) is 6.41. The summed E-state index contributed by atoms with van der Waals surface area (Å²) in [7, 11) is 0. The topological polar surface area (TPSA) is 120 Å². The van der Waals surface area contributed by atoms with Crippen molar-refractivity contribution in [1.29, 1.82) is 0 Å². The SMILES string of the molecule is CC(CN1CCN(c2ccccn2)CC1)NC(=O)C1CC(O)CN1C(=O)[C@@H](n1cc(C2CC2)nn1)C(C)(C)C. The van der Waals surface area contributed by atoms with Gasteiger partial charge in [0.05, 0.1) is 11.8 Å². The lowest BCUT2D eigenvalue weighted by Crippen LogP contribution is -2.54. The lowest BCUT2D eigenvalue weighted by atomic mass is 9.85. The first kappa shape index (κ1) is 27.5. The molecule has 3 aliphatic rings. The van der Waals surface area contributed by atoms with Crippen LogP contribution in [0.2, 0.25) is 0 Å². The number of aliphatic hydroxyl groups excluding tert-OH is 1. The third-order valence-corrected chi connectivity index (χ3v) is 7.97. The average molecular weight is 539 g/mol. The molecule has 5 rings (SSSR count). The van der Waals surface area contributed by atoms with Crippen molar-refractivity contribution in [3.05, 3.63) is 36.3 Å². The first-order valence-corrected chi connectivity index (χ1v) is 14.2. The lowest BCUT2D eigenvalue weighted by molar-refractivity contribution is -0.144. The van der Waals surface area contributed by atoms with Crippen molar-refractivity contribution in [3.63, 3.8) is 0 Å². The molecule has 2 aliphatic heterocycles. The van der Waals surface area contributed by atoms with Crippen LogP contribution in [0.15, 0.2) is 30.6 Å². The van der Waals surface area contributed by atoms with E-state index < -0.39 is 23.6 Å². The summed E-state index contributed by atoms with van der Waals surface area (Å²) in [4.78, 5) is 38.0. The van der Waals surface area contributed by atoms with Crippen LogP contribution in [0.25, 0.3) is 0 Å². The number of rotatable bonds is 8. The number of aromatic nitrogens is 4. The largest absolute Gasteiger partial charge is 0.391 e. The Kier molecular flexibility index (Phi) is 7.91. The van der Waals surface area contributed by atoms with Crippen LogP contribution in [-0.4, -0.2) is 104 Å². The fraction of sp³-hybridized carbons (Fsp3) is 0.679. The maximum atomic E-state index is 13.9. The molecule has 2 aromatic heterocycles. The highest BCUT2D eigenvalue weighted by Gasteiger charge is 2.45. The van der Waals surface area contributed by atoms with Crippen molar-refractivity contribution in [1.82, 2.24) is 35.1 Å². The number of nitrogens with one attached hydrogen (secondary N) is 1. The van der Waals surface area contributed by atoms with Crippen molar-refractivity contribution >= 4 is 17.6 Å². The first-order chi connectivity index (χ1) is 18.6. The number of β-amino-alcohol motifs (C(OH)–C–C–N with tert-alkyl or cyclic N) is 1. The van der Waals surface area contributed by atoms with Gasteiger partial charge in [0.1, 0.15) is 17.9 Å².